The Morgan fingerprint density at radius 3 is 2.54 bits per heavy atom. The summed E-state index contributed by atoms with van der Waals surface area (Å²) in [7, 11) is 0. The number of aryl methyl sites for hydroxylation is 3. The lowest BCUT2D eigenvalue weighted by molar-refractivity contribution is -0.136. The number of aromatic nitrogens is 3. The number of fused-ring (bicyclic) bond motifs is 1. The van der Waals surface area contributed by atoms with Crippen LogP contribution in [0.4, 0.5) is 13.2 Å². The molecule has 3 heterocycles. The third-order valence-corrected chi connectivity index (χ3v) is 5.13. The fourth-order valence-electron chi connectivity index (χ4n) is 2.78. The molecule has 0 bridgehead atoms. The number of nitrogens with zero attached hydrogens (tertiary/aromatic N) is 3. The molecule has 0 radical (unpaired) electrons. The molecule has 128 valence electrons. The van der Waals surface area contributed by atoms with E-state index in [1.807, 2.05) is 26.0 Å². The van der Waals surface area contributed by atoms with Gasteiger partial charge in [0, 0.05) is 11.4 Å². The van der Waals surface area contributed by atoms with Crippen molar-refractivity contribution in [3.8, 4) is 10.6 Å². The minimum absolute atomic E-state index is 0.104. The molecule has 0 saturated heterocycles. The van der Waals surface area contributed by atoms with Crippen LogP contribution >= 0.6 is 11.3 Å². The molecule has 0 unspecified atom stereocenters. The first kappa shape index (κ1) is 17.0. The third-order valence-electron chi connectivity index (χ3n) is 3.88. The summed E-state index contributed by atoms with van der Waals surface area (Å²) in [4.78, 5) is 6.39. The van der Waals surface area contributed by atoms with Crippen molar-refractivity contribution in [1.29, 1.82) is 0 Å². The molecule has 0 saturated carbocycles. The molecule has 3 aromatic rings. The van der Waals surface area contributed by atoms with E-state index in [0.29, 0.717) is 23.6 Å². The standard InChI is InChI=1S/C17H18F3N3S/c1-4-8-23-16-15(10(3)22-23)12(17(18,19)20)9-13(21-16)14-7-6-11(5-2)24-14/h6-7,9H,4-5,8H2,1-3H3. The van der Waals surface area contributed by atoms with Crippen molar-refractivity contribution in [1.82, 2.24) is 14.8 Å². The monoisotopic (exact) mass is 353 g/mol. The molecular weight excluding hydrogens is 335 g/mol. The number of halogens is 3. The van der Waals surface area contributed by atoms with Gasteiger partial charge in [-0.05, 0) is 38.0 Å². The molecule has 24 heavy (non-hydrogen) atoms. The highest BCUT2D eigenvalue weighted by Gasteiger charge is 2.35. The van der Waals surface area contributed by atoms with E-state index in [-0.39, 0.29) is 5.39 Å². The number of thiophene rings is 1. The summed E-state index contributed by atoms with van der Waals surface area (Å²) >= 11 is 1.48. The van der Waals surface area contributed by atoms with Crippen LogP contribution in [0.5, 0.6) is 0 Å². The molecule has 0 fully saturated rings. The first-order valence-corrected chi connectivity index (χ1v) is 8.71. The van der Waals surface area contributed by atoms with Gasteiger partial charge in [0.05, 0.1) is 27.2 Å². The quantitative estimate of drug-likeness (QED) is 0.623. The number of hydrogen-bond donors (Lipinski definition) is 0. The fraction of sp³-hybridized carbons (Fsp3) is 0.412. The average Bonchev–Trinajstić information content (AvgIpc) is 3.12. The van der Waals surface area contributed by atoms with Crippen molar-refractivity contribution in [3.05, 3.63) is 34.3 Å². The summed E-state index contributed by atoms with van der Waals surface area (Å²) in [6.07, 6.45) is -2.81. The molecule has 0 aromatic carbocycles. The minimum Gasteiger partial charge on any atom is -0.247 e. The maximum absolute atomic E-state index is 13.6. The van der Waals surface area contributed by atoms with Gasteiger partial charge in [0.15, 0.2) is 5.65 Å². The van der Waals surface area contributed by atoms with E-state index in [1.165, 1.54) is 11.3 Å². The Bertz CT molecular complexity index is 877. The molecule has 3 nitrogen and oxygen atoms in total. The van der Waals surface area contributed by atoms with Gasteiger partial charge in [0.1, 0.15) is 0 Å². The normalized spacial score (nSPS) is 12.2. The van der Waals surface area contributed by atoms with Gasteiger partial charge in [-0.1, -0.05) is 13.8 Å². The second-order valence-corrected chi connectivity index (χ2v) is 6.85. The van der Waals surface area contributed by atoms with Crippen LogP contribution < -0.4 is 0 Å². The zero-order valence-corrected chi connectivity index (χ0v) is 14.6. The number of hydrogen-bond acceptors (Lipinski definition) is 3. The second kappa shape index (κ2) is 6.20. The molecule has 0 amide bonds. The van der Waals surface area contributed by atoms with Gasteiger partial charge in [0.25, 0.3) is 0 Å². The first-order chi connectivity index (χ1) is 11.3. The van der Waals surface area contributed by atoms with Gasteiger partial charge >= 0.3 is 6.18 Å². The van der Waals surface area contributed by atoms with E-state index >= 15 is 0 Å². The molecule has 0 atom stereocenters. The Morgan fingerprint density at radius 2 is 1.96 bits per heavy atom. The first-order valence-electron chi connectivity index (χ1n) is 7.89. The van der Waals surface area contributed by atoms with Crippen LogP contribution in [0.25, 0.3) is 21.6 Å². The highest BCUT2D eigenvalue weighted by Crippen LogP contribution is 2.39. The van der Waals surface area contributed by atoms with Gasteiger partial charge in [-0.15, -0.1) is 11.3 Å². The number of alkyl halides is 3. The van der Waals surface area contributed by atoms with Crippen molar-refractivity contribution in [2.75, 3.05) is 0 Å². The van der Waals surface area contributed by atoms with E-state index in [1.54, 1.807) is 11.6 Å². The Kier molecular flexibility index (Phi) is 4.38. The van der Waals surface area contributed by atoms with Crippen molar-refractivity contribution in [3.63, 3.8) is 0 Å². The van der Waals surface area contributed by atoms with Crippen LogP contribution in [0.15, 0.2) is 18.2 Å². The van der Waals surface area contributed by atoms with E-state index in [2.05, 4.69) is 10.1 Å². The van der Waals surface area contributed by atoms with E-state index in [9.17, 15) is 13.2 Å². The molecule has 0 N–H and O–H groups in total. The maximum atomic E-state index is 13.6. The molecule has 7 heteroatoms. The molecule has 0 spiro atoms. The predicted molar refractivity (Wildman–Crippen MR) is 90.2 cm³/mol. The zero-order chi connectivity index (χ0) is 17.5. The molecule has 3 rings (SSSR count). The lowest BCUT2D eigenvalue weighted by atomic mass is 10.1. The van der Waals surface area contributed by atoms with Crippen LogP contribution in [-0.4, -0.2) is 14.8 Å². The highest BCUT2D eigenvalue weighted by atomic mass is 32.1. The third kappa shape index (κ3) is 2.92. The highest BCUT2D eigenvalue weighted by molar-refractivity contribution is 7.15. The Balaban J connectivity index is 2.29. The van der Waals surface area contributed by atoms with Gasteiger partial charge in [-0.3, -0.25) is 0 Å². The Morgan fingerprint density at radius 1 is 1.21 bits per heavy atom. The van der Waals surface area contributed by atoms with Crippen LogP contribution in [-0.2, 0) is 19.1 Å². The van der Waals surface area contributed by atoms with Crippen LogP contribution in [0.2, 0.25) is 0 Å². The van der Waals surface area contributed by atoms with Crippen molar-refractivity contribution in [2.24, 2.45) is 0 Å². The predicted octanol–water partition coefficient (Wildman–Crippen LogP) is 5.46. The molecule has 0 aliphatic heterocycles. The van der Waals surface area contributed by atoms with Crippen LogP contribution in [0.1, 0.15) is 36.4 Å². The Hall–Kier alpha value is -1.89. The van der Waals surface area contributed by atoms with Gasteiger partial charge in [0.2, 0.25) is 0 Å². The summed E-state index contributed by atoms with van der Waals surface area (Å²) in [5.74, 6) is 0. The van der Waals surface area contributed by atoms with Crippen molar-refractivity contribution in [2.45, 2.75) is 46.3 Å². The molecule has 0 aliphatic rings. The lowest BCUT2D eigenvalue weighted by Crippen LogP contribution is -2.08. The van der Waals surface area contributed by atoms with Gasteiger partial charge < -0.3 is 0 Å². The summed E-state index contributed by atoms with van der Waals surface area (Å²) in [6, 6.07) is 4.93. The lowest BCUT2D eigenvalue weighted by Gasteiger charge is -2.11. The SMILES string of the molecule is CCCn1nc(C)c2c(C(F)(F)F)cc(-c3ccc(CC)s3)nc21. The average molecular weight is 353 g/mol. The summed E-state index contributed by atoms with van der Waals surface area (Å²) in [5, 5.41) is 4.37. The smallest absolute Gasteiger partial charge is 0.247 e. The summed E-state index contributed by atoms with van der Waals surface area (Å²) in [5.41, 5.74) is 0.376. The van der Waals surface area contributed by atoms with Crippen molar-refractivity contribution >= 4 is 22.4 Å². The van der Waals surface area contributed by atoms with Crippen LogP contribution in [0.3, 0.4) is 0 Å². The van der Waals surface area contributed by atoms with E-state index in [4.69, 9.17) is 0 Å². The molecular formula is C17H18F3N3S. The second-order valence-electron chi connectivity index (χ2n) is 5.68. The number of pyridine rings is 1. The largest absolute Gasteiger partial charge is 0.417 e. The minimum atomic E-state index is -4.44. The maximum Gasteiger partial charge on any atom is 0.417 e. The topological polar surface area (TPSA) is 30.7 Å². The van der Waals surface area contributed by atoms with Gasteiger partial charge in [-0.25, -0.2) is 9.67 Å². The fourth-order valence-corrected chi connectivity index (χ4v) is 3.68. The van der Waals surface area contributed by atoms with Crippen LogP contribution in [0, 0.1) is 6.92 Å². The van der Waals surface area contributed by atoms with E-state index < -0.39 is 11.7 Å². The molecule has 0 aliphatic carbocycles. The van der Waals surface area contributed by atoms with Gasteiger partial charge in [-0.2, -0.15) is 18.3 Å². The molecule has 3 aromatic heterocycles. The summed E-state index contributed by atoms with van der Waals surface area (Å²) < 4.78 is 42.4. The number of rotatable bonds is 4. The summed E-state index contributed by atoms with van der Waals surface area (Å²) in [6.45, 7) is 6.13. The van der Waals surface area contributed by atoms with E-state index in [0.717, 1.165) is 28.7 Å². The van der Waals surface area contributed by atoms with Crippen molar-refractivity contribution < 1.29 is 13.2 Å². The Labute approximate surface area is 142 Å². The zero-order valence-electron chi connectivity index (χ0n) is 13.7.